The maximum Gasteiger partial charge on any atom is 0.0774 e. The Bertz CT molecular complexity index is 343. The predicted molar refractivity (Wildman–Crippen MR) is 67.8 cm³/mol. The third-order valence-electron chi connectivity index (χ3n) is 6.04. The van der Waals surface area contributed by atoms with E-state index in [-0.39, 0.29) is 11.2 Å². The average Bonchev–Trinajstić information content (AvgIpc) is 2.38. The molecule has 3 rings (SSSR count). The Hall–Kier alpha value is -0.0800. The van der Waals surface area contributed by atoms with Crippen LogP contribution in [-0.2, 0) is 4.74 Å². The van der Waals surface area contributed by atoms with E-state index in [4.69, 9.17) is 4.74 Å². The van der Waals surface area contributed by atoms with Crippen molar-refractivity contribution in [3.8, 4) is 0 Å². The van der Waals surface area contributed by atoms with Crippen molar-refractivity contribution in [2.45, 2.75) is 83.0 Å². The summed E-state index contributed by atoms with van der Waals surface area (Å²) in [5, 5.41) is 10.4. The smallest absolute Gasteiger partial charge is 0.0774 e. The number of ether oxygens (including phenoxy) is 1. The summed E-state index contributed by atoms with van der Waals surface area (Å²) in [5.41, 5.74) is -0.284. The van der Waals surface area contributed by atoms with Gasteiger partial charge < -0.3 is 9.84 Å². The molecule has 3 aliphatic rings. The van der Waals surface area contributed by atoms with Gasteiger partial charge in [0.25, 0.3) is 0 Å². The number of fused-ring (bicyclic) bond motifs is 1. The lowest BCUT2D eigenvalue weighted by Crippen LogP contribution is -2.57. The Morgan fingerprint density at radius 2 is 1.76 bits per heavy atom. The molecule has 1 aliphatic heterocycles. The Kier molecular flexibility index (Phi) is 2.17. The maximum absolute atomic E-state index is 10.4. The minimum Gasteiger partial charge on any atom is -0.390 e. The van der Waals surface area contributed by atoms with Crippen molar-refractivity contribution >= 4 is 0 Å². The van der Waals surface area contributed by atoms with Crippen LogP contribution in [0, 0.1) is 11.3 Å². The Morgan fingerprint density at radius 1 is 1.06 bits per heavy atom. The van der Waals surface area contributed by atoms with E-state index in [1.54, 1.807) is 0 Å². The van der Waals surface area contributed by atoms with Gasteiger partial charge in [0.2, 0.25) is 0 Å². The molecule has 1 saturated heterocycles. The van der Waals surface area contributed by atoms with E-state index >= 15 is 0 Å². The molecule has 1 heterocycles. The van der Waals surface area contributed by atoms with Crippen LogP contribution in [0.3, 0.4) is 0 Å². The molecule has 2 aliphatic carbocycles. The normalized spacial score (nSPS) is 56.6. The zero-order chi connectivity index (χ0) is 12.5. The van der Waals surface area contributed by atoms with E-state index in [0.717, 1.165) is 25.7 Å². The minimum atomic E-state index is -0.526. The maximum atomic E-state index is 10.4. The van der Waals surface area contributed by atoms with E-state index in [2.05, 4.69) is 20.8 Å². The molecule has 0 aromatic carbocycles. The van der Waals surface area contributed by atoms with Crippen molar-refractivity contribution in [3.63, 3.8) is 0 Å². The zero-order valence-electron chi connectivity index (χ0n) is 11.7. The molecule has 1 N–H and O–H groups in total. The second kappa shape index (κ2) is 3.08. The van der Waals surface area contributed by atoms with Crippen LogP contribution >= 0.6 is 0 Å². The molecule has 3 fully saturated rings. The second-order valence-electron chi connectivity index (χ2n) is 7.87. The molecule has 17 heavy (non-hydrogen) atoms. The van der Waals surface area contributed by atoms with Crippen LogP contribution in [0.1, 0.15) is 66.2 Å². The van der Waals surface area contributed by atoms with E-state index in [1.165, 1.54) is 12.8 Å². The van der Waals surface area contributed by atoms with Crippen molar-refractivity contribution in [1.82, 2.24) is 0 Å². The highest BCUT2D eigenvalue weighted by atomic mass is 16.5. The summed E-state index contributed by atoms with van der Waals surface area (Å²) in [4.78, 5) is 0. The van der Waals surface area contributed by atoms with Gasteiger partial charge in [-0.15, -0.1) is 0 Å². The van der Waals surface area contributed by atoms with Gasteiger partial charge in [-0.1, -0.05) is 6.92 Å². The van der Waals surface area contributed by atoms with Crippen molar-refractivity contribution < 1.29 is 9.84 Å². The first kappa shape index (κ1) is 12.0. The van der Waals surface area contributed by atoms with Gasteiger partial charge in [0.1, 0.15) is 0 Å². The fraction of sp³-hybridized carbons (Fsp3) is 1.00. The summed E-state index contributed by atoms with van der Waals surface area (Å²) in [6, 6.07) is 0. The largest absolute Gasteiger partial charge is 0.390 e. The summed E-state index contributed by atoms with van der Waals surface area (Å²) >= 11 is 0. The first-order valence-electron chi connectivity index (χ1n) is 7.11. The Morgan fingerprint density at radius 3 is 2.47 bits per heavy atom. The number of hydrogen-bond donors (Lipinski definition) is 1. The van der Waals surface area contributed by atoms with Crippen LogP contribution in [-0.4, -0.2) is 21.9 Å². The van der Waals surface area contributed by atoms with Crippen molar-refractivity contribution in [2.24, 2.45) is 11.3 Å². The molecule has 0 amide bonds. The van der Waals surface area contributed by atoms with Gasteiger partial charge >= 0.3 is 0 Å². The molecule has 2 heteroatoms. The van der Waals surface area contributed by atoms with Gasteiger partial charge in [-0.2, -0.15) is 0 Å². The van der Waals surface area contributed by atoms with Crippen LogP contribution < -0.4 is 0 Å². The molecule has 4 atom stereocenters. The fourth-order valence-electron chi connectivity index (χ4n) is 4.74. The molecular formula is C15H26O2. The second-order valence-corrected chi connectivity index (χ2v) is 7.87. The third kappa shape index (κ3) is 1.53. The molecule has 1 spiro atoms. The highest BCUT2D eigenvalue weighted by Crippen LogP contribution is 2.65. The number of aliphatic hydroxyl groups is 1. The quantitative estimate of drug-likeness (QED) is 0.702. The van der Waals surface area contributed by atoms with E-state index in [9.17, 15) is 5.11 Å². The van der Waals surface area contributed by atoms with Crippen LogP contribution in [0.15, 0.2) is 0 Å². The summed E-state index contributed by atoms with van der Waals surface area (Å²) in [6.45, 7) is 8.85. The summed E-state index contributed by atoms with van der Waals surface area (Å²) in [6.07, 6.45) is 6.61. The Labute approximate surface area is 105 Å². The SMILES string of the molecule is CC1(C)O[C@]23C[C@H]1CC[C@]2(C)CC[C@](C)(O)C3. The summed E-state index contributed by atoms with van der Waals surface area (Å²) in [5.74, 6) is 0.685. The molecule has 98 valence electrons. The van der Waals surface area contributed by atoms with Gasteiger partial charge in [-0.3, -0.25) is 0 Å². The summed E-state index contributed by atoms with van der Waals surface area (Å²) in [7, 11) is 0. The van der Waals surface area contributed by atoms with Gasteiger partial charge in [0.05, 0.1) is 16.8 Å². The molecular weight excluding hydrogens is 212 g/mol. The lowest BCUT2D eigenvalue weighted by molar-refractivity contribution is -0.205. The zero-order valence-corrected chi connectivity index (χ0v) is 11.7. The molecule has 2 bridgehead atoms. The van der Waals surface area contributed by atoms with Gasteiger partial charge in [0.15, 0.2) is 0 Å². The highest BCUT2D eigenvalue weighted by molar-refractivity contribution is 5.15. The minimum absolute atomic E-state index is 0.00514. The summed E-state index contributed by atoms with van der Waals surface area (Å²) < 4.78 is 6.54. The van der Waals surface area contributed by atoms with Gasteiger partial charge in [-0.25, -0.2) is 0 Å². The molecule has 0 aromatic heterocycles. The monoisotopic (exact) mass is 238 g/mol. The lowest BCUT2D eigenvalue weighted by Gasteiger charge is -2.55. The van der Waals surface area contributed by atoms with Crippen molar-refractivity contribution in [1.29, 1.82) is 0 Å². The standard InChI is InChI=1S/C15H26O2/c1-12(2)11-5-6-13(3)7-8-14(4,16)10-15(13,9-11)17-12/h11,16H,5-10H2,1-4H3/t11-,13-,14+,15+/m1/s1. The fourth-order valence-corrected chi connectivity index (χ4v) is 4.74. The molecule has 0 aromatic rings. The van der Waals surface area contributed by atoms with E-state index in [1.807, 2.05) is 6.92 Å². The molecule has 2 saturated carbocycles. The molecule has 0 radical (unpaired) electrons. The first-order chi connectivity index (χ1) is 7.68. The first-order valence-corrected chi connectivity index (χ1v) is 7.11. The topological polar surface area (TPSA) is 29.5 Å². The van der Waals surface area contributed by atoms with E-state index < -0.39 is 5.60 Å². The molecule has 0 unspecified atom stereocenters. The Balaban J connectivity index is 2.00. The van der Waals surface area contributed by atoms with E-state index in [0.29, 0.717) is 11.3 Å². The van der Waals surface area contributed by atoms with Crippen LogP contribution in [0.25, 0.3) is 0 Å². The van der Waals surface area contributed by atoms with Crippen LogP contribution in [0.4, 0.5) is 0 Å². The third-order valence-corrected chi connectivity index (χ3v) is 6.04. The predicted octanol–water partition coefficient (Wildman–Crippen LogP) is 3.28. The molecule has 2 nitrogen and oxygen atoms in total. The lowest BCUT2D eigenvalue weighted by atomic mass is 9.53. The number of rotatable bonds is 0. The number of hydrogen-bond acceptors (Lipinski definition) is 2. The van der Waals surface area contributed by atoms with Crippen LogP contribution in [0.2, 0.25) is 0 Å². The average molecular weight is 238 g/mol. The van der Waals surface area contributed by atoms with Gasteiger partial charge in [-0.05, 0) is 64.2 Å². The highest BCUT2D eigenvalue weighted by Gasteiger charge is 2.65. The van der Waals surface area contributed by atoms with Gasteiger partial charge in [0, 0.05) is 6.42 Å². The van der Waals surface area contributed by atoms with Crippen molar-refractivity contribution in [2.75, 3.05) is 0 Å². The van der Waals surface area contributed by atoms with Crippen LogP contribution in [0.5, 0.6) is 0 Å². The van der Waals surface area contributed by atoms with Crippen molar-refractivity contribution in [3.05, 3.63) is 0 Å².